The van der Waals surface area contributed by atoms with Crippen molar-refractivity contribution in [1.29, 1.82) is 0 Å². The highest BCUT2D eigenvalue weighted by atomic mass is 19.1. The number of hydrogen-bond donors (Lipinski definition) is 2. The molecule has 26 heavy (non-hydrogen) atoms. The summed E-state index contributed by atoms with van der Waals surface area (Å²) in [4.78, 5) is 25.0. The zero-order valence-electron chi connectivity index (χ0n) is 15.2. The van der Waals surface area contributed by atoms with E-state index in [0.29, 0.717) is 11.3 Å². The minimum absolute atomic E-state index is 0.0517. The molecule has 2 N–H and O–H groups in total. The van der Waals surface area contributed by atoms with E-state index in [0.717, 1.165) is 5.56 Å². The molecule has 1 aliphatic rings. The normalized spacial score (nSPS) is 17.8. The maximum Gasteiger partial charge on any atom is 0.228 e. The Labute approximate surface area is 152 Å². The van der Waals surface area contributed by atoms with Crippen molar-refractivity contribution in [3.8, 4) is 0 Å². The summed E-state index contributed by atoms with van der Waals surface area (Å²) in [6.07, 6.45) is 0.0517. The fourth-order valence-corrected chi connectivity index (χ4v) is 3.36. The van der Waals surface area contributed by atoms with E-state index in [4.69, 9.17) is 0 Å². The van der Waals surface area contributed by atoms with Crippen molar-refractivity contribution in [2.45, 2.75) is 39.2 Å². The van der Waals surface area contributed by atoms with Crippen molar-refractivity contribution in [1.82, 2.24) is 5.32 Å². The number of hydrogen-bond acceptors (Lipinski definition) is 2. The van der Waals surface area contributed by atoms with Crippen LogP contribution in [0.5, 0.6) is 0 Å². The number of anilines is 1. The van der Waals surface area contributed by atoms with Gasteiger partial charge in [0, 0.05) is 12.1 Å². The molecule has 1 aliphatic heterocycles. The van der Waals surface area contributed by atoms with E-state index in [1.54, 1.807) is 6.07 Å². The van der Waals surface area contributed by atoms with Gasteiger partial charge >= 0.3 is 0 Å². The van der Waals surface area contributed by atoms with Gasteiger partial charge < -0.3 is 10.6 Å². The van der Waals surface area contributed by atoms with Crippen LogP contribution in [0.25, 0.3) is 0 Å². The third kappa shape index (κ3) is 3.77. The van der Waals surface area contributed by atoms with Crippen LogP contribution >= 0.6 is 0 Å². The number of halogens is 1. The van der Waals surface area contributed by atoms with Gasteiger partial charge in [0.05, 0.1) is 12.0 Å². The van der Waals surface area contributed by atoms with Gasteiger partial charge in [0.2, 0.25) is 11.8 Å². The zero-order valence-corrected chi connectivity index (χ0v) is 15.2. The van der Waals surface area contributed by atoms with Crippen molar-refractivity contribution in [3.63, 3.8) is 0 Å². The Morgan fingerprint density at radius 2 is 1.88 bits per heavy atom. The SMILES string of the molecule is CC(C)(C)C(NC(=O)C1CC(=O)Nc2cc(F)ccc21)c1ccccc1. The minimum Gasteiger partial charge on any atom is -0.348 e. The van der Waals surface area contributed by atoms with E-state index in [2.05, 4.69) is 31.4 Å². The Morgan fingerprint density at radius 3 is 2.54 bits per heavy atom. The van der Waals surface area contributed by atoms with Crippen LogP contribution in [0, 0.1) is 11.2 Å². The van der Waals surface area contributed by atoms with Crippen molar-refractivity contribution in [3.05, 3.63) is 65.5 Å². The topological polar surface area (TPSA) is 58.2 Å². The Kier molecular flexibility index (Phi) is 4.81. The number of benzene rings is 2. The Morgan fingerprint density at radius 1 is 1.19 bits per heavy atom. The monoisotopic (exact) mass is 354 g/mol. The predicted octanol–water partition coefficient (Wildman–Crippen LogP) is 4.16. The summed E-state index contributed by atoms with van der Waals surface area (Å²) in [5.74, 6) is -1.58. The molecular weight excluding hydrogens is 331 g/mol. The molecule has 0 bridgehead atoms. The number of rotatable bonds is 3. The summed E-state index contributed by atoms with van der Waals surface area (Å²) >= 11 is 0. The molecule has 0 aromatic heterocycles. The molecule has 2 aromatic rings. The highest BCUT2D eigenvalue weighted by Crippen LogP contribution is 2.36. The van der Waals surface area contributed by atoms with E-state index in [1.165, 1.54) is 12.1 Å². The van der Waals surface area contributed by atoms with Crippen LogP contribution in [0.4, 0.5) is 10.1 Å². The van der Waals surface area contributed by atoms with Crippen LogP contribution in [-0.4, -0.2) is 11.8 Å². The van der Waals surface area contributed by atoms with Crippen LogP contribution in [0.3, 0.4) is 0 Å². The van der Waals surface area contributed by atoms with Gasteiger partial charge in [0.15, 0.2) is 0 Å². The molecule has 5 heteroatoms. The molecule has 1 heterocycles. The average Bonchev–Trinajstić information content (AvgIpc) is 2.58. The minimum atomic E-state index is -0.632. The third-order valence-electron chi connectivity index (χ3n) is 4.66. The van der Waals surface area contributed by atoms with Crippen molar-refractivity contribution >= 4 is 17.5 Å². The first-order chi connectivity index (χ1) is 12.3. The van der Waals surface area contributed by atoms with Gasteiger partial charge in [0.1, 0.15) is 5.82 Å². The number of amides is 2. The highest BCUT2D eigenvalue weighted by Gasteiger charge is 2.34. The molecule has 0 aliphatic carbocycles. The van der Waals surface area contributed by atoms with Crippen LogP contribution in [-0.2, 0) is 9.59 Å². The Bertz CT molecular complexity index is 828. The smallest absolute Gasteiger partial charge is 0.228 e. The summed E-state index contributed by atoms with van der Waals surface area (Å²) in [5, 5.41) is 5.75. The predicted molar refractivity (Wildman–Crippen MR) is 99.2 cm³/mol. The molecule has 3 rings (SSSR count). The molecule has 0 saturated heterocycles. The maximum atomic E-state index is 13.5. The molecule has 2 amide bonds. The molecule has 0 radical (unpaired) electrons. The lowest BCUT2D eigenvalue weighted by Crippen LogP contribution is -2.41. The zero-order chi connectivity index (χ0) is 18.9. The lowest BCUT2D eigenvalue weighted by Gasteiger charge is -2.34. The summed E-state index contributed by atoms with van der Waals surface area (Å²) in [5.41, 5.74) is 1.81. The quantitative estimate of drug-likeness (QED) is 0.870. The molecular formula is C21H23FN2O2. The first kappa shape index (κ1) is 18.1. The van der Waals surface area contributed by atoms with Crippen molar-refractivity contribution < 1.29 is 14.0 Å². The molecule has 4 nitrogen and oxygen atoms in total. The number of nitrogens with one attached hydrogen (secondary N) is 2. The fourth-order valence-electron chi connectivity index (χ4n) is 3.36. The average molecular weight is 354 g/mol. The summed E-state index contributed by atoms with van der Waals surface area (Å²) in [6, 6.07) is 13.7. The lowest BCUT2D eigenvalue weighted by atomic mass is 9.81. The number of carbonyl (C=O) groups excluding carboxylic acids is 2. The maximum absolute atomic E-state index is 13.5. The second kappa shape index (κ2) is 6.90. The largest absolute Gasteiger partial charge is 0.348 e. The van der Waals surface area contributed by atoms with Crippen LogP contribution in [0.1, 0.15) is 50.3 Å². The standard InChI is InChI=1S/C21H23FN2O2/c1-21(2,3)19(13-7-5-4-6-8-13)24-20(26)16-12-18(25)23-17-11-14(22)9-10-15(16)17/h4-11,16,19H,12H2,1-3H3,(H,23,25)(H,24,26). The Hall–Kier alpha value is -2.69. The van der Waals surface area contributed by atoms with E-state index >= 15 is 0 Å². The van der Waals surface area contributed by atoms with Gasteiger partial charge in [0.25, 0.3) is 0 Å². The lowest BCUT2D eigenvalue weighted by molar-refractivity contribution is -0.127. The first-order valence-electron chi connectivity index (χ1n) is 8.70. The van der Waals surface area contributed by atoms with E-state index < -0.39 is 11.7 Å². The van der Waals surface area contributed by atoms with Gasteiger partial charge in [-0.1, -0.05) is 57.2 Å². The fraction of sp³-hybridized carbons (Fsp3) is 0.333. The number of carbonyl (C=O) groups is 2. The van der Waals surface area contributed by atoms with E-state index in [1.807, 2.05) is 30.3 Å². The molecule has 2 aromatic carbocycles. The molecule has 0 saturated carbocycles. The van der Waals surface area contributed by atoms with Crippen LogP contribution < -0.4 is 10.6 Å². The van der Waals surface area contributed by atoms with Gasteiger partial charge in [-0.3, -0.25) is 9.59 Å². The van der Waals surface area contributed by atoms with Crippen molar-refractivity contribution in [2.24, 2.45) is 5.41 Å². The van der Waals surface area contributed by atoms with Gasteiger partial charge in [-0.05, 0) is 28.7 Å². The van der Waals surface area contributed by atoms with Gasteiger partial charge in [-0.15, -0.1) is 0 Å². The molecule has 2 atom stereocenters. The molecule has 0 spiro atoms. The van der Waals surface area contributed by atoms with E-state index in [9.17, 15) is 14.0 Å². The molecule has 2 unspecified atom stereocenters. The molecule has 0 fully saturated rings. The van der Waals surface area contributed by atoms with Crippen LogP contribution in [0.15, 0.2) is 48.5 Å². The Balaban J connectivity index is 1.90. The van der Waals surface area contributed by atoms with Gasteiger partial charge in [-0.2, -0.15) is 0 Å². The third-order valence-corrected chi connectivity index (χ3v) is 4.66. The first-order valence-corrected chi connectivity index (χ1v) is 8.70. The van der Waals surface area contributed by atoms with E-state index in [-0.39, 0.29) is 29.7 Å². The second-order valence-electron chi connectivity index (χ2n) is 7.75. The van der Waals surface area contributed by atoms with Gasteiger partial charge in [-0.25, -0.2) is 4.39 Å². The summed E-state index contributed by atoms with van der Waals surface area (Å²) < 4.78 is 13.5. The summed E-state index contributed by atoms with van der Waals surface area (Å²) in [7, 11) is 0. The number of fused-ring (bicyclic) bond motifs is 1. The highest BCUT2D eigenvalue weighted by molar-refractivity contribution is 6.01. The second-order valence-corrected chi connectivity index (χ2v) is 7.75. The van der Waals surface area contributed by atoms with Crippen LogP contribution in [0.2, 0.25) is 0 Å². The summed E-state index contributed by atoms with van der Waals surface area (Å²) in [6.45, 7) is 6.17. The van der Waals surface area contributed by atoms with Crippen molar-refractivity contribution in [2.75, 3.05) is 5.32 Å². The molecule has 136 valence electrons.